The summed E-state index contributed by atoms with van der Waals surface area (Å²) in [6, 6.07) is 16.4. The van der Waals surface area contributed by atoms with Crippen LogP contribution >= 0.6 is 0 Å². The number of hydrogen-bond donors (Lipinski definition) is 2. The SMILES string of the molecule is CCc1ccc(NC(=O)c2ccc(Nc3ccc(OC)cc3OC)nn2)cc1. The second-order valence-electron chi connectivity index (χ2n) is 6.00. The van der Waals surface area contributed by atoms with E-state index in [1.54, 1.807) is 32.4 Å². The largest absolute Gasteiger partial charge is 0.497 e. The predicted molar refractivity (Wildman–Crippen MR) is 109 cm³/mol. The smallest absolute Gasteiger partial charge is 0.276 e. The van der Waals surface area contributed by atoms with Crippen LogP contribution in [0.1, 0.15) is 23.0 Å². The van der Waals surface area contributed by atoms with Gasteiger partial charge in [-0.3, -0.25) is 4.79 Å². The number of nitrogens with one attached hydrogen (secondary N) is 2. The lowest BCUT2D eigenvalue weighted by atomic mass is 10.1. The van der Waals surface area contributed by atoms with Crippen molar-refractivity contribution in [2.75, 3.05) is 24.9 Å². The van der Waals surface area contributed by atoms with E-state index in [9.17, 15) is 4.79 Å². The van der Waals surface area contributed by atoms with Crippen molar-refractivity contribution in [2.24, 2.45) is 0 Å². The van der Waals surface area contributed by atoms with Crippen LogP contribution in [0.2, 0.25) is 0 Å². The lowest BCUT2D eigenvalue weighted by Gasteiger charge is -2.12. The molecule has 144 valence electrons. The Hall–Kier alpha value is -3.61. The number of aryl methyl sites for hydroxylation is 1. The Morgan fingerprint density at radius 1 is 0.964 bits per heavy atom. The number of anilines is 3. The fourth-order valence-corrected chi connectivity index (χ4v) is 2.58. The molecular weight excluding hydrogens is 356 g/mol. The van der Waals surface area contributed by atoms with Crippen LogP contribution in [0.4, 0.5) is 17.2 Å². The lowest BCUT2D eigenvalue weighted by molar-refractivity contribution is 0.102. The number of nitrogens with zero attached hydrogens (tertiary/aromatic N) is 2. The van der Waals surface area contributed by atoms with E-state index in [1.165, 1.54) is 5.56 Å². The Morgan fingerprint density at radius 2 is 1.75 bits per heavy atom. The Bertz CT molecular complexity index is 941. The van der Waals surface area contributed by atoms with Gasteiger partial charge in [-0.25, -0.2) is 0 Å². The van der Waals surface area contributed by atoms with Gasteiger partial charge in [0.25, 0.3) is 5.91 Å². The van der Waals surface area contributed by atoms with E-state index in [1.807, 2.05) is 36.4 Å². The van der Waals surface area contributed by atoms with Crippen molar-refractivity contribution in [1.29, 1.82) is 0 Å². The molecule has 0 saturated carbocycles. The van der Waals surface area contributed by atoms with Gasteiger partial charge in [-0.2, -0.15) is 0 Å². The van der Waals surface area contributed by atoms with Crippen molar-refractivity contribution in [1.82, 2.24) is 10.2 Å². The normalized spacial score (nSPS) is 10.2. The van der Waals surface area contributed by atoms with Gasteiger partial charge in [-0.05, 0) is 48.4 Å². The molecule has 2 aromatic carbocycles. The number of rotatable bonds is 7. The zero-order chi connectivity index (χ0) is 19.9. The van der Waals surface area contributed by atoms with Crippen LogP contribution in [0.3, 0.4) is 0 Å². The molecule has 0 aliphatic rings. The van der Waals surface area contributed by atoms with Crippen LogP contribution in [0.25, 0.3) is 0 Å². The fraction of sp³-hybridized carbons (Fsp3) is 0.190. The third-order valence-corrected chi connectivity index (χ3v) is 4.19. The molecule has 0 saturated heterocycles. The third kappa shape index (κ3) is 4.56. The molecule has 3 rings (SSSR count). The Morgan fingerprint density at radius 3 is 2.36 bits per heavy atom. The second kappa shape index (κ2) is 8.85. The highest BCUT2D eigenvalue weighted by atomic mass is 16.5. The molecule has 0 atom stereocenters. The number of hydrogen-bond acceptors (Lipinski definition) is 6. The standard InChI is InChI=1S/C21H22N4O3/c1-4-14-5-7-15(8-6-14)22-21(26)18-11-12-20(25-24-18)23-17-10-9-16(27-2)13-19(17)28-3/h5-13H,4H2,1-3H3,(H,22,26)(H,23,25). The molecule has 0 radical (unpaired) electrons. The summed E-state index contributed by atoms with van der Waals surface area (Å²) in [5, 5.41) is 14.0. The molecule has 0 fully saturated rings. The molecule has 28 heavy (non-hydrogen) atoms. The number of methoxy groups -OCH3 is 2. The highest BCUT2D eigenvalue weighted by Gasteiger charge is 2.10. The average Bonchev–Trinajstić information content (AvgIpc) is 2.75. The van der Waals surface area contributed by atoms with Gasteiger partial charge in [0.15, 0.2) is 11.5 Å². The summed E-state index contributed by atoms with van der Waals surface area (Å²) in [5.41, 5.74) is 2.87. The molecule has 0 aliphatic heterocycles. The first-order valence-electron chi connectivity index (χ1n) is 8.86. The number of ether oxygens (including phenoxy) is 2. The number of carbonyl (C=O) groups excluding carboxylic acids is 1. The topological polar surface area (TPSA) is 85.4 Å². The minimum absolute atomic E-state index is 0.229. The Balaban J connectivity index is 1.68. The molecule has 7 nitrogen and oxygen atoms in total. The van der Waals surface area contributed by atoms with Gasteiger partial charge < -0.3 is 20.1 Å². The summed E-state index contributed by atoms with van der Waals surface area (Å²) < 4.78 is 10.5. The van der Waals surface area contributed by atoms with Gasteiger partial charge in [0.2, 0.25) is 0 Å². The number of aromatic nitrogens is 2. The molecule has 1 amide bonds. The van der Waals surface area contributed by atoms with E-state index in [0.717, 1.165) is 6.42 Å². The van der Waals surface area contributed by atoms with E-state index >= 15 is 0 Å². The monoisotopic (exact) mass is 378 g/mol. The zero-order valence-electron chi connectivity index (χ0n) is 16.0. The molecule has 1 heterocycles. The van der Waals surface area contributed by atoms with E-state index in [4.69, 9.17) is 9.47 Å². The number of benzene rings is 2. The van der Waals surface area contributed by atoms with Gasteiger partial charge in [0.05, 0.1) is 19.9 Å². The highest BCUT2D eigenvalue weighted by molar-refractivity contribution is 6.02. The summed E-state index contributed by atoms with van der Waals surface area (Å²) in [5.74, 6) is 1.48. The average molecular weight is 378 g/mol. The van der Waals surface area contributed by atoms with Crippen LogP contribution in [0, 0.1) is 0 Å². The summed E-state index contributed by atoms with van der Waals surface area (Å²) >= 11 is 0. The molecule has 0 bridgehead atoms. The van der Waals surface area contributed by atoms with Gasteiger partial charge in [0.1, 0.15) is 11.5 Å². The summed E-state index contributed by atoms with van der Waals surface area (Å²) in [7, 11) is 3.17. The molecule has 0 aliphatic carbocycles. The first-order chi connectivity index (χ1) is 13.6. The van der Waals surface area contributed by atoms with Crippen molar-refractivity contribution in [3.05, 3.63) is 65.9 Å². The van der Waals surface area contributed by atoms with Crippen LogP contribution < -0.4 is 20.1 Å². The van der Waals surface area contributed by atoms with Gasteiger partial charge in [0, 0.05) is 11.8 Å². The first-order valence-corrected chi connectivity index (χ1v) is 8.86. The second-order valence-corrected chi connectivity index (χ2v) is 6.00. The maximum atomic E-state index is 12.3. The minimum atomic E-state index is -0.315. The van der Waals surface area contributed by atoms with Crippen molar-refractivity contribution in [3.8, 4) is 11.5 Å². The maximum absolute atomic E-state index is 12.3. The zero-order valence-corrected chi connectivity index (χ0v) is 16.0. The number of carbonyl (C=O) groups is 1. The van der Waals surface area contributed by atoms with E-state index in [0.29, 0.717) is 28.7 Å². The maximum Gasteiger partial charge on any atom is 0.276 e. The van der Waals surface area contributed by atoms with E-state index in [2.05, 4.69) is 27.8 Å². The van der Waals surface area contributed by atoms with Gasteiger partial charge >= 0.3 is 0 Å². The number of amides is 1. The van der Waals surface area contributed by atoms with Crippen LogP contribution in [-0.4, -0.2) is 30.3 Å². The quantitative estimate of drug-likeness (QED) is 0.645. The Kier molecular flexibility index (Phi) is 6.06. The van der Waals surface area contributed by atoms with Crippen LogP contribution in [0.5, 0.6) is 11.5 Å². The first kappa shape index (κ1) is 19.2. The van der Waals surface area contributed by atoms with Crippen LogP contribution in [0.15, 0.2) is 54.6 Å². The van der Waals surface area contributed by atoms with Crippen molar-refractivity contribution in [2.45, 2.75) is 13.3 Å². The van der Waals surface area contributed by atoms with E-state index in [-0.39, 0.29) is 11.6 Å². The summed E-state index contributed by atoms with van der Waals surface area (Å²) in [4.78, 5) is 12.3. The van der Waals surface area contributed by atoms with Crippen molar-refractivity contribution in [3.63, 3.8) is 0 Å². The van der Waals surface area contributed by atoms with Crippen LogP contribution in [-0.2, 0) is 6.42 Å². The minimum Gasteiger partial charge on any atom is -0.497 e. The van der Waals surface area contributed by atoms with Gasteiger partial charge in [-0.1, -0.05) is 19.1 Å². The lowest BCUT2D eigenvalue weighted by Crippen LogP contribution is -2.14. The molecule has 2 N–H and O–H groups in total. The molecule has 7 heteroatoms. The van der Waals surface area contributed by atoms with Crippen molar-refractivity contribution >= 4 is 23.1 Å². The summed E-state index contributed by atoms with van der Waals surface area (Å²) in [6.45, 7) is 2.08. The molecule has 1 aromatic heterocycles. The fourth-order valence-electron chi connectivity index (χ4n) is 2.58. The molecule has 0 unspecified atom stereocenters. The molecular formula is C21H22N4O3. The van der Waals surface area contributed by atoms with Gasteiger partial charge in [-0.15, -0.1) is 10.2 Å². The molecule has 3 aromatic rings. The summed E-state index contributed by atoms with van der Waals surface area (Å²) in [6.07, 6.45) is 0.952. The molecule has 0 spiro atoms. The highest BCUT2D eigenvalue weighted by Crippen LogP contribution is 2.30. The van der Waals surface area contributed by atoms with E-state index < -0.39 is 0 Å². The van der Waals surface area contributed by atoms with Crippen molar-refractivity contribution < 1.29 is 14.3 Å². The Labute approximate surface area is 163 Å². The predicted octanol–water partition coefficient (Wildman–Crippen LogP) is 4.05. The third-order valence-electron chi connectivity index (χ3n) is 4.19.